The molecule has 0 saturated carbocycles. The number of sulfonamides is 1. The summed E-state index contributed by atoms with van der Waals surface area (Å²) in [5.41, 5.74) is -0.285. The molecule has 0 aliphatic carbocycles. The second kappa shape index (κ2) is 9.59. The molecule has 2 saturated heterocycles. The third kappa shape index (κ3) is 5.05. The lowest BCUT2D eigenvalue weighted by Crippen LogP contribution is -2.31. The highest BCUT2D eigenvalue weighted by atomic mass is 32.2. The van der Waals surface area contributed by atoms with E-state index < -0.39 is 14.9 Å². The number of tetrazole rings is 1. The first-order valence-electron chi connectivity index (χ1n) is 10.3. The minimum absolute atomic E-state index is 0.0129. The fraction of sp³-hybridized carbons (Fsp3) is 0.611. The van der Waals surface area contributed by atoms with Gasteiger partial charge in [-0.25, -0.2) is 13.1 Å². The third-order valence-corrected chi connectivity index (χ3v) is 8.37. The van der Waals surface area contributed by atoms with Crippen LogP contribution in [-0.4, -0.2) is 63.7 Å². The Morgan fingerprint density at radius 1 is 1.19 bits per heavy atom. The number of aromatic nitrogens is 4. The van der Waals surface area contributed by atoms with E-state index in [-0.39, 0.29) is 21.6 Å². The lowest BCUT2D eigenvalue weighted by Gasteiger charge is -2.20. The van der Waals surface area contributed by atoms with Gasteiger partial charge in [0.15, 0.2) is 0 Å². The maximum Gasteiger partial charge on any atom is 0.284 e. The monoisotopic (exact) mass is 468 g/mol. The zero-order valence-electron chi connectivity index (χ0n) is 16.9. The molecule has 1 aromatic carbocycles. The van der Waals surface area contributed by atoms with E-state index in [9.17, 15) is 18.5 Å². The molecule has 1 aromatic heterocycles. The number of nitrogens with zero attached hydrogens (tertiary/aromatic N) is 6. The Bertz CT molecular complexity index is 1030. The molecule has 2 aromatic rings. The zero-order valence-corrected chi connectivity index (χ0v) is 18.6. The number of hydrogen-bond donors (Lipinski definition) is 0. The van der Waals surface area contributed by atoms with Crippen molar-refractivity contribution in [2.45, 2.75) is 66.1 Å². The van der Waals surface area contributed by atoms with Crippen LogP contribution in [0.4, 0.5) is 5.69 Å². The molecule has 3 heterocycles. The Kier molecular flexibility index (Phi) is 6.84. The molecule has 1 unspecified atom stereocenters. The van der Waals surface area contributed by atoms with E-state index in [0.29, 0.717) is 31.4 Å². The normalized spacial score (nSPS) is 20.6. The van der Waals surface area contributed by atoms with E-state index in [4.69, 9.17) is 4.74 Å². The van der Waals surface area contributed by atoms with Crippen molar-refractivity contribution in [3.63, 3.8) is 0 Å². The Labute approximate surface area is 184 Å². The minimum atomic E-state index is -3.79. The highest BCUT2D eigenvalue weighted by Crippen LogP contribution is 2.36. The van der Waals surface area contributed by atoms with Crippen molar-refractivity contribution in [2.24, 2.45) is 0 Å². The maximum atomic E-state index is 13.0. The number of benzene rings is 1. The van der Waals surface area contributed by atoms with Crippen LogP contribution in [0.1, 0.15) is 38.5 Å². The average Bonchev–Trinajstić information content (AvgIpc) is 3.33. The van der Waals surface area contributed by atoms with Gasteiger partial charge in [-0.15, -0.1) is 5.10 Å². The number of nitro benzene ring substituents is 1. The van der Waals surface area contributed by atoms with Gasteiger partial charge in [0.1, 0.15) is 0 Å². The molecule has 1 atom stereocenters. The first kappa shape index (κ1) is 22.1. The fourth-order valence-corrected chi connectivity index (χ4v) is 6.18. The van der Waals surface area contributed by atoms with Gasteiger partial charge in [-0.3, -0.25) is 10.1 Å². The SMILES string of the molecule is O=[N+]([O-])c1cc(S(=O)(=O)N2CCCCCC2)ccc1Sc1nnnn1CC1CCCO1. The van der Waals surface area contributed by atoms with Gasteiger partial charge in [-0.1, -0.05) is 12.8 Å². The van der Waals surface area contributed by atoms with Crippen LogP contribution >= 0.6 is 11.8 Å². The summed E-state index contributed by atoms with van der Waals surface area (Å²) in [4.78, 5) is 11.4. The standard InChI is InChI=1S/C18H24N6O5S2/c25-24(26)16-12-15(31(27,28)22-9-3-1-2-4-10-22)7-8-17(16)30-18-19-20-21-23(18)13-14-6-5-11-29-14/h7-8,12,14H,1-6,9-11,13H2. The number of hydrogen-bond acceptors (Lipinski definition) is 9. The van der Waals surface area contributed by atoms with Crippen LogP contribution in [0.15, 0.2) is 33.1 Å². The van der Waals surface area contributed by atoms with Gasteiger partial charge in [-0.05, 0) is 60.0 Å². The van der Waals surface area contributed by atoms with Crippen LogP contribution in [0.3, 0.4) is 0 Å². The zero-order chi connectivity index (χ0) is 21.8. The van der Waals surface area contributed by atoms with E-state index >= 15 is 0 Å². The Morgan fingerprint density at radius 2 is 1.97 bits per heavy atom. The van der Waals surface area contributed by atoms with Crippen molar-refractivity contribution in [3.05, 3.63) is 28.3 Å². The molecule has 0 spiro atoms. The molecular weight excluding hydrogens is 444 g/mol. The smallest absolute Gasteiger partial charge is 0.284 e. The van der Waals surface area contributed by atoms with E-state index in [1.807, 2.05) is 0 Å². The predicted molar refractivity (Wildman–Crippen MR) is 111 cm³/mol. The average molecular weight is 469 g/mol. The molecular formula is C18H24N6O5S2. The van der Waals surface area contributed by atoms with Crippen LogP contribution in [0, 0.1) is 10.1 Å². The summed E-state index contributed by atoms with van der Waals surface area (Å²) < 4.78 is 34.7. The quantitative estimate of drug-likeness (QED) is 0.444. The number of nitro groups is 1. The summed E-state index contributed by atoms with van der Waals surface area (Å²) in [5.74, 6) is 0. The van der Waals surface area contributed by atoms with Crippen LogP contribution in [0.25, 0.3) is 0 Å². The van der Waals surface area contributed by atoms with Gasteiger partial charge in [0.05, 0.1) is 27.4 Å². The van der Waals surface area contributed by atoms with Gasteiger partial charge in [-0.2, -0.15) is 4.31 Å². The largest absolute Gasteiger partial charge is 0.376 e. The molecule has 0 amide bonds. The summed E-state index contributed by atoms with van der Waals surface area (Å²) >= 11 is 1.04. The molecule has 2 fully saturated rings. The van der Waals surface area contributed by atoms with Crippen molar-refractivity contribution in [1.82, 2.24) is 24.5 Å². The molecule has 0 radical (unpaired) electrons. The molecule has 2 aliphatic rings. The molecule has 0 N–H and O–H groups in total. The van der Waals surface area contributed by atoms with Crippen LogP contribution in [0.2, 0.25) is 0 Å². The van der Waals surface area contributed by atoms with E-state index in [0.717, 1.165) is 56.4 Å². The van der Waals surface area contributed by atoms with Crippen LogP contribution in [0.5, 0.6) is 0 Å². The van der Waals surface area contributed by atoms with Gasteiger partial charge >= 0.3 is 0 Å². The number of rotatable bonds is 7. The predicted octanol–water partition coefficient (Wildman–Crippen LogP) is 2.48. The van der Waals surface area contributed by atoms with Crippen molar-refractivity contribution in [3.8, 4) is 0 Å². The maximum absolute atomic E-state index is 13.0. The highest BCUT2D eigenvalue weighted by molar-refractivity contribution is 7.99. The summed E-state index contributed by atoms with van der Waals surface area (Å²) in [7, 11) is -3.79. The number of ether oxygens (including phenoxy) is 1. The van der Waals surface area contributed by atoms with Crippen molar-refractivity contribution < 1.29 is 18.1 Å². The summed E-state index contributed by atoms with van der Waals surface area (Å²) in [6, 6.07) is 4.01. The lowest BCUT2D eigenvalue weighted by atomic mass is 10.2. The summed E-state index contributed by atoms with van der Waals surface area (Å²) in [6.07, 6.45) is 5.47. The van der Waals surface area contributed by atoms with Gasteiger partial charge in [0, 0.05) is 25.8 Å². The van der Waals surface area contributed by atoms with Gasteiger partial charge in [0.2, 0.25) is 15.2 Å². The van der Waals surface area contributed by atoms with Gasteiger partial charge in [0.25, 0.3) is 5.69 Å². The Morgan fingerprint density at radius 3 is 2.65 bits per heavy atom. The topological polar surface area (TPSA) is 133 Å². The van der Waals surface area contributed by atoms with Crippen molar-refractivity contribution in [2.75, 3.05) is 19.7 Å². The van der Waals surface area contributed by atoms with E-state index in [2.05, 4.69) is 15.5 Å². The molecule has 168 valence electrons. The molecule has 31 heavy (non-hydrogen) atoms. The molecule has 13 heteroatoms. The Balaban J connectivity index is 1.58. The van der Waals surface area contributed by atoms with Crippen LogP contribution < -0.4 is 0 Å². The highest BCUT2D eigenvalue weighted by Gasteiger charge is 2.29. The summed E-state index contributed by atoms with van der Waals surface area (Å²) in [6.45, 7) is 2.04. The third-order valence-electron chi connectivity index (χ3n) is 5.43. The first-order valence-corrected chi connectivity index (χ1v) is 12.5. The second-order valence-electron chi connectivity index (χ2n) is 7.59. The minimum Gasteiger partial charge on any atom is -0.376 e. The van der Waals surface area contributed by atoms with Crippen molar-refractivity contribution >= 4 is 27.5 Å². The molecule has 4 rings (SSSR count). The fourth-order valence-electron chi connectivity index (χ4n) is 3.78. The molecule has 0 bridgehead atoms. The lowest BCUT2D eigenvalue weighted by molar-refractivity contribution is -0.388. The molecule has 2 aliphatic heterocycles. The molecule has 11 nitrogen and oxygen atoms in total. The van der Waals surface area contributed by atoms with Crippen LogP contribution in [-0.2, 0) is 21.3 Å². The van der Waals surface area contributed by atoms with E-state index in [1.165, 1.54) is 16.4 Å². The van der Waals surface area contributed by atoms with Gasteiger partial charge < -0.3 is 4.74 Å². The second-order valence-corrected chi connectivity index (χ2v) is 10.5. The summed E-state index contributed by atoms with van der Waals surface area (Å²) in [5, 5.41) is 23.7. The Hall–Kier alpha value is -2.09. The van der Waals surface area contributed by atoms with E-state index in [1.54, 1.807) is 4.68 Å². The first-order chi connectivity index (χ1) is 14.9. The van der Waals surface area contributed by atoms with Crippen molar-refractivity contribution in [1.29, 1.82) is 0 Å².